The summed E-state index contributed by atoms with van der Waals surface area (Å²) in [6.07, 6.45) is 0.815. The highest BCUT2D eigenvalue weighted by atomic mass is 16.6. The Morgan fingerprint density at radius 1 is 1.10 bits per heavy atom. The molecule has 0 unspecified atom stereocenters. The van der Waals surface area contributed by atoms with Crippen molar-refractivity contribution in [2.75, 3.05) is 20.2 Å². The van der Waals surface area contributed by atoms with E-state index in [9.17, 15) is 14.4 Å². The summed E-state index contributed by atoms with van der Waals surface area (Å²) in [5, 5.41) is 2.72. The topological polar surface area (TPSA) is 113 Å². The van der Waals surface area contributed by atoms with Gasteiger partial charge < -0.3 is 33.9 Å². The van der Waals surface area contributed by atoms with E-state index in [1.807, 2.05) is 18.2 Å². The molecule has 2 fully saturated rings. The minimum atomic E-state index is -0.919. The highest BCUT2D eigenvalue weighted by Crippen LogP contribution is 2.53. The first-order valence-corrected chi connectivity index (χ1v) is 15.0. The van der Waals surface area contributed by atoms with Gasteiger partial charge in [0.25, 0.3) is 0 Å². The molecule has 234 valence electrons. The average molecular weight is 589 g/mol. The van der Waals surface area contributed by atoms with Crippen LogP contribution >= 0.6 is 0 Å². The van der Waals surface area contributed by atoms with Crippen LogP contribution in [-0.4, -0.2) is 72.0 Å². The lowest BCUT2D eigenvalue weighted by Gasteiger charge is -2.53. The molecule has 2 saturated heterocycles. The number of carbonyl (C=O) groups is 3. The number of carbonyl (C=O) groups excluding carboxylic acids is 3. The van der Waals surface area contributed by atoms with Crippen molar-refractivity contribution in [3.8, 4) is 11.5 Å². The number of alkyl carbamates (subject to hydrolysis) is 1. The molecule has 42 heavy (non-hydrogen) atoms. The Bertz CT molecular complexity index is 1170. The molecule has 1 N–H and O–H groups in total. The van der Waals surface area contributed by atoms with Gasteiger partial charge in [-0.05, 0) is 86.8 Å². The summed E-state index contributed by atoms with van der Waals surface area (Å²) in [5.41, 5.74) is -0.814. The Morgan fingerprint density at radius 3 is 2.43 bits per heavy atom. The van der Waals surface area contributed by atoms with Crippen LogP contribution in [0.1, 0.15) is 92.7 Å². The zero-order valence-corrected chi connectivity index (χ0v) is 26.6. The first kappa shape index (κ1) is 31.9. The Kier molecular flexibility index (Phi) is 9.07. The van der Waals surface area contributed by atoms with Gasteiger partial charge in [0.15, 0.2) is 0 Å². The number of piperidine rings is 1. The molecule has 4 rings (SSSR count). The Labute approximate surface area is 249 Å². The number of methoxy groups -OCH3 is 1. The molecule has 2 amide bonds. The Hall–Kier alpha value is -3.01. The maximum Gasteiger partial charge on any atom is 0.408 e. The molecule has 0 aromatic heterocycles. The average Bonchev–Trinajstić information content (AvgIpc) is 2.86. The molecule has 0 saturated carbocycles. The van der Waals surface area contributed by atoms with Crippen molar-refractivity contribution in [3.05, 3.63) is 23.8 Å². The second-order valence-corrected chi connectivity index (χ2v) is 14.2. The van der Waals surface area contributed by atoms with Crippen molar-refractivity contribution < 1.29 is 38.1 Å². The van der Waals surface area contributed by atoms with Gasteiger partial charge in [0.2, 0.25) is 5.91 Å². The third kappa shape index (κ3) is 7.68. The quantitative estimate of drug-likeness (QED) is 0.453. The minimum absolute atomic E-state index is 0.00169. The van der Waals surface area contributed by atoms with Gasteiger partial charge >= 0.3 is 12.1 Å². The number of fused-ring (bicyclic) bond motifs is 4. The van der Waals surface area contributed by atoms with E-state index in [-0.39, 0.29) is 42.8 Å². The Balaban J connectivity index is 1.47. The lowest BCUT2D eigenvalue weighted by molar-refractivity contribution is -0.189. The molecule has 1 aromatic carbocycles. The lowest BCUT2D eigenvalue weighted by Crippen LogP contribution is -2.58. The standard InChI is InChI=1S/C32H48N2O8/c1-30(2,3)41-26(35)13-12-23(33-29(37)42-31(4,5)6)28(36)34-15-14-24-19(18-34)16-22-27(39-24)21-11-10-20(38-9)17-25(21)40-32(22,7)8/h10-11,17,19,22-24,27H,12-16,18H2,1-9H3,(H,33,37)/t19-,22+,23+,24+,27-/m1/s1. The highest BCUT2D eigenvalue weighted by molar-refractivity contribution is 5.86. The second kappa shape index (κ2) is 11.9. The molecular formula is C32H48N2O8. The summed E-state index contributed by atoms with van der Waals surface area (Å²) in [7, 11) is 1.64. The van der Waals surface area contributed by atoms with Gasteiger partial charge in [0.1, 0.15) is 34.3 Å². The van der Waals surface area contributed by atoms with Gasteiger partial charge in [-0.3, -0.25) is 9.59 Å². The first-order chi connectivity index (χ1) is 19.5. The smallest absolute Gasteiger partial charge is 0.408 e. The molecule has 10 nitrogen and oxygen atoms in total. The normalized spacial score (nSPS) is 25.5. The molecule has 0 bridgehead atoms. The summed E-state index contributed by atoms with van der Waals surface area (Å²) < 4.78 is 29.5. The van der Waals surface area contributed by atoms with E-state index < -0.39 is 34.9 Å². The van der Waals surface area contributed by atoms with Gasteiger partial charge in [-0.2, -0.15) is 0 Å². The van der Waals surface area contributed by atoms with E-state index in [1.165, 1.54) is 0 Å². The molecule has 3 heterocycles. The van der Waals surface area contributed by atoms with Gasteiger partial charge in [0.05, 0.1) is 19.3 Å². The van der Waals surface area contributed by atoms with Crippen LogP contribution in [0.5, 0.6) is 11.5 Å². The van der Waals surface area contributed by atoms with Crippen molar-refractivity contribution in [2.45, 2.75) is 116 Å². The van der Waals surface area contributed by atoms with Gasteiger partial charge in [-0.1, -0.05) is 0 Å². The number of amides is 2. The summed E-state index contributed by atoms with van der Waals surface area (Å²) in [4.78, 5) is 40.7. The number of esters is 1. The first-order valence-electron chi connectivity index (χ1n) is 15.0. The number of ether oxygens (including phenoxy) is 5. The number of nitrogens with one attached hydrogen (secondary N) is 1. The van der Waals surface area contributed by atoms with Crippen molar-refractivity contribution in [2.24, 2.45) is 11.8 Å². The number of nitrogens with zero attached hydrogens (tertiary/aromatic N) is 1. The molecule has 0 radical (unpaired) electrons. The molecule has 3 aliphatic heterocycles. The van der Waals surface area contributed by atoms with Crippen molar-refractivity contribution >= 4 is 18.0 Å². The predicted molar refractivity (Wildman–Crippen MR) is 156 cm³/mol. The van der Waals surface area contributed by atoms with Crippen LogP contribution in [-0.2, 0) is 23.8 Å². The summed E-state index contributed by atoms with van der Waals surface area (Å²) >= 11 is 0. The van der Waals surface area contributed by atoms with E-state index in [1.54, 1.807) is 53.6 Å². The zero-order chi connectivity index (χ0) is 31.0. The maximum atomic E-state index is 13.8. The van der Waals surface area contributed by atoms with Crippen LogP contribution in [0.4, 0.5) is 4.79 Å². The predicted octanol–water partition coefficient (Wildman–Crippen LogP) is 5.18. The third-order valence-corrected chi connectivity index (χ3v) is 8.06. The van der Waals surface area contributed by atoms with Gasteiger partial charge in [0, 0.05) is 43.0 Å². The molecule has 5 atom stereocenters. The lowest BCUT2D eigenvalue weighted by atomic mass is 9.70. The molecule has 3 aliphatic rings. The number of likely N-dealkylation sites (tertiary alicyclic amines) is 1. The van der Waals surface area contributed by atoms with Crippen LogP contribution in [0.2, 0.25) is 0 Å². The maximum absolute atomic E-state index is 13.8. The molecule has 1 aromatic rings. The molecule has 0 spiro atoms. The molecular weight excluding hydrogens is 540 g/mol. The fourth-order valence-corrected chi connectivity index (χ4v) is 6.19. The van der Waals surface area contributed by atoms with E-state index in [4.69, 9.17) is 23.7 Å². The minimum Gasteiger partial charge on any atom is -0.497 e. The van der Waals surface area contributed by atoms with Crippen LogP contribution < -0.4 is 14.8 Å². The molecule has 10 heteroatoms. The summed E-state index contributed by atoms with van der Waals surface area (Å²) in [6.45, 7) is 15.8. The van der Waals surface area contributed by atoms with Crippen LogP contribution in [0.15, 0.2) is 18.2 Å². The van der Waals surface area contributed by atoms with E-state index >= 15 is 0 Å². The SMILES string of the molecule is COc1ccc2c(c1)OC(C)(C)[C@H]1C[C@@H]3CN(C(=O)[C@H](CCC(=O)OC(C)(C)C)NC(=O)OC(C)(C)C)CC[C@@H]3O[C@H]21. The van der Waals surface area contributed by atoms with Crippen LogP contribution in [0, 0.1) is 11.8 Å². The van der Waals surface area contributed by atoms with Crippen molar-refractivity contribution in [1.29, 1.82) is 0 Å². The highest BCUT2D eigenvalue weighted by Gasteiger charge is 2.52. The number of benzene rings is 1. The van der Waals surface area contributed by atoms with E-state index in [2.05, 4.69) is 19.2 Å². The van der Waals surface area contributed by atoms with E-state index in [0.717, 1.165) is 23.5 Å². The van der Waals surface area contributed by atoms with Crippen molar-refractivity contribution in [1.82, 2.24) is 10.2 Å². The number of rotatable bonds is 6. The number of hydrogen-bond acceptors (Lipinski definition) is 8. The second-order valence-electron chi connectivity index (χ2n) is 14.2. The monoisotopic (exact) mass is 588 g/mol. The van der Waals surface area contributed by atoms with E-state index in [0.29, 0.717) is 19.5 Å². The summed E-state index contributed by atoms with van der Waals surface area (Å²) in [5.74, 6) is 1.07. The third-order valence-electron chi connectivity index (χ3n) is 8.06. The fraction of sp³-hybridized carbons (Fsp3) is 0.719. The fourth-order valence-electron chi connectivity index (χ4n) is 6.19. The van der Waals surface area contributed by atoms with Gasteiger partial charge in [-0.15, -0.1) is 0 Å². The number of hydrogen-bond donors (Lipinski definition) is 1. The summed E-state index contributed by atoms with van der Waals surface area (Å²) in [6, 6.07) is 4.96. The van der Waals surface area contributed by atoms with Crippen LogP contribution in [0.3, 0.4) is 0 Å². The van der Waals surface area contributed by atoms with Crippen molar-refractivity contribution in [3.63, 3.8) is 0 Å². The largest absolute Gasteiger partial charge is 0.497 e. The Morgan fingerprint density at radius 2 is 1.79 bits per heavy atom. The van der Waals surface area contributed by atoms with Crippen LogP contribution in [0.25, 0.3) is 0 Å². The zero-order valence-electron chi connectivity index (χ0n) is 26.6. The van der Waals surface area contributed by atoms with Gasteiger partial charge in [-0.25, -0.2) is 4.79 Å². The molecule has 0 aliphatic carbocycles.